The number of nitrogens with zero attached hydrogens (tertiary/aromatic N) is 1. The van der Waals surface area contributed by atoms with Crippen molar-refractivity contribution in [3.05, 3.63) is 72.8 Å². The van der Waals surface area contributed by atoms with Crippen LogP contribution in [0.25, 0.3) is 0 Å². The van der Waals surface area contributed by atoms with Gasteiger partial charge < -0.3 is 15.0 Å². The highest BCUT2D eigenvalue weighted by Crippen LogP contribution is 2.17. The van der Waals surface area contributed by atoms with E-state index in [1.165, 1.54) is 11.8 Å². The van der Waals surface area contributed by atoms with Gasteiger partial charge in [0, 0.05) is 19.2 Å². The number of nitrogens with one attached hydrogen (secondary N) is 1. The normalized spacial score (nSPS) is 9.96. The van der Waals surface area contributed by atoms with Gasteiger partial charge in [-0.1, -0.05) is 36.4 Å². The molecule has 0 saturated carbocycles. The molecule has 5 nitrogen and oxygen atoms in total. The van der Waals surface area contributed by atoms with Crippen LogP contribution in [0.2, 0.25) is 0 Å². The summed E-state index contributed by atoms with van der Waals surface area (Å²) in [5, 5.41) is 2.76. The maximum Gasteiger partial charge on any atom is 0.244 e. The Bertz CT molecular complexity index is 711. The SMILES string of the molecule is C=CCN(CC(=O)Nc1ccc(OCc2ccccc2)cc1)C(C)=O. The van der Waals surface area contributed by atoms with Gasteiger partial charge in [0.25, 0.3) is 0 Å². The minimum atomic E-state index is -0.255. The molecule has 0 aliphatic heterocycles. The first-order chi connectivity index (χ1) is 12.1. The Morgan fingerprint density at radius 2 is 1.80 bits per heavy atom. The third-order valence-corrected chi connectivity index (χ3v) is 3.52. The van der Waals surface area contributed by atoms with Crippen LogP contribution in [0.5, 0.6) is 5.75 Å². The molecule has 0 aliphatic rings. The highest BCUT2D eigenvalue weighted by molar-refractivity contribution is 5.94. The molecule has 2 rings (SSSR count). The molecule has 0 fully saturated rings. The van der Waals surface area contributed by atoms with Gasteiger partial charge in [-0.15, -0.1) is 6.58 Å². The molecule has 0 heterocycles. The van der Waals surface area contributed by atoms with Gasteiger partial charge in [0.15, 0.2) is 0 Å². The molecule has 2 amide bonds. The number of carbonyl (C=O) groups is 2. The maximum absolute atomic E-state index is 12.0. The van der Waals surface area contributed by atoms with Gasteiger partial charge in [0.2, 0.25) is 11.8 Å². The summed E-state index contributed by atoms with van der Waals surface area (Å²) >= 11 is 0. The van der Waals surface area contributed by atoms with Crippen molar-refractivity contribution in [1.82, 2.24) is 4.90 Å². The van der Waals surface area contributed by atoms with E-state index in [4.69, 9.17) is 4.74 Å². The molecule has 0 bridgehead atoms. The van der Waals surface area contributed by atoms with Crippen molar-refractivity contribution in [1.29, 1.82) is 0 Å². The van der Waals surface area contributed by atoms with E-state index in [-0.39, 0.29) is 18.4 Å². The Morgan fingerprint density at radius 1 is 1.12 bits per heavy atom. The van der Waals surface area contributed by atoms with Gasteiger partial charge in [-0.05, 0) is 29.8 Å². The number of carbonyl (C=O) groups excluding carboxylic acids is 2. The van der Waals surface area contributed by atoms with Crippen LogP contribution in [0.4, 0.5) is 5.69 Å². The highest BCUT2D eigenvalue weighted by Gasteiger charge is 2.12. The number of hydrogen-bond donors (Lipinski definition) is 1. The van der Waals surface area contributed by atoms with E-state index in [1.807, 2.05) is 30.3 Å². The van der Waals surface area contributed by atoms with Crippen LogP contribution in [0.1, 0.15) is 12.5 Å². The molecule has 130 valence electrons. The van der Waals surface area contributed by atoms with Crippen LogP contribution in [0.15, 0.2) is 67.3 Å². The molecule has 2 aromatic carbocycles. The summed E-state index contributed by atoms with van der Waals surface area (Å²) < 4.78 is 5.70. The number of benzene rings is 2. The van der Waals surface area contributed by atoms with E-state index >= 15 is 0 Å². The molecule has 5 heteroatoms. The summed E-state index contributed by atoms with van der Waals surface area (Å²) in [5.74, 6) is 0.300. The smallest absolute Gasteiger partial charge is 0.244 e. The monoisotopic (exact) mass is 338 g/mol. The topological polar surface area (TPSA) is 58.6 Å². The Kier molecular flexibility index (Phi) is 6.77. The predicted molar refractivity (Wildman–Crippen MR) is 98.3 cm³/mol. The average molecular weight is 338 g/mol. The van der Waals surface area contributed by atoms with Crippen molar-refractivity contribution in [2.45, 2.75) is 13.5 Å². The van der Waals surface area contributed by atoms with E-state index < -0.39 is 0 Å². The summed E-state index contributed by atoms with van der Waals surface area (Å²) in [6, 6.07) is 17.0. The summed E-state index contributed by atoms with van der Waals surface area (Å²) in [5.41, 5.74) is 1.74. The number of rotatable bonds is 8. The van der Waals surface area contributed by atoms with E-state index in [2.05, 4.69) is 11.9 Å². The zero-order chi connectivity index (χ0) is 18.1. The van der Waals surface area contributed by atoms with Crippen molar-refractivity contribution in [3.63, 3.8) is 0 Å². The van der Waals surface area contributed by atoms with E-state index in [0.717, 1.165) is 11.3 Å². The second-order valence-electron chi connectivity index (χ2n) is 5.54. The fourth-order valence-electron chi connectivity index (χ4n) is 2.21. The zero-order valence-electron chi connectivity index (χ0n) is 14.3. The zero-order valence-corrected chi connectivity index (χ0v) is 14.3. The number of hydrogen-bond acceptors (Lipinski definition) is 3. The lowest BCUT2D eigenvalue weighted by molar-refractivity contribution is -0.132. The molecular weight excluding hydrogens is 316 g/mol. The largest absolute Gasteiger partial charge is 0.489 e. The average Bonchev–Trinajstić information content (AvgIpc) is 2.61. The van der Waals surface area contributed by atoms with Crippen LogP contribution in [-0.2, 0) is 16.2 Å². The van der Waals surface area contributed by atoms with Crippen LogP contribution < -0.4 is 10.1 Å². The minimum absolute atomic E-state index is 0.00634. The fraction of sp³-hybridized carbons (Fsp3) is 0.200. The Hall–Kier alpha value is -3.08. The number of amides is 2. The first-order valence-electron chi connectivity index (χ1n) is 8.01. The highest BCUT2D eigenvalue weighted by atomic mass is 16.5. The Labute approximate surface area is 147 Å². The summed E-state index contributed by atoms with van der Waals surface area (Å²) in [6.45, 7) is 5.83. The van der Waals surface area contributed by atoms with Crippen molar-refractivity contribution in [2.24, 2.45) is 0 Å². The molecular formula is C20H22N2O3. The lowest BCUT2D eigenvalue weighted by atomic mass is 10.2. The summed E-state index contributed by atoms with van der Waals surface area (Å²) in [7, 11) is 0. The molecule has 2 aromatic rings. The van der Waals surface area contributed by atoms with Gasteiger partial charge in [-0.2, -0.15) is 0 Å². The first kappa shape index (κ1) is 18.3. The van der Waals surface area contributed by atoms with Crippen LogP contribution in [0.3, 0.4) is 0 Å². The molecule has 25 heavy (non-hydrogen) atoms. The molecule has 0 aliphatic carbocycles. The first-order valence-corrected chi connectivity index (χ1v) is 8.01. The molecule has 0 aromatic heterocycles. The number of ether oxygens (including phenoxy) is 1. The van der Waals surface area contributed by atoms with E-state index in [9.17, 15) is 9.59 Å². The molecule has 0 radical (unpaired) electrons. The third-order valence-electron chi connectivity index (χ3n) is 3.52. The third kappa shape index (κ3) is 6.14. The molecule has 0 saturated heterocycles. The second kappa shape index (κ2) is 9.27. The maximum atomic E-state index is 12.0. The lowest BCUT2D eigenvalue weighted by Gasteiger charge is -2.18. The van der Waals surface area contributed by atoms with E-state index in [0.29, 0.717) is 18.8 Å². The minimum Gasteiger partial charge on any atom is -0.489 e. The van der Waals surface area contributed by atoms with Gasteiger partial charge in [-0.3, -0.25) is 9.59 Å². The number of anilines is 1. The molecule has 1 N–H and O–H groups in total. The van der Waals surface area contributed by atoms with Crippen LogP contribution in [-0.4, -0.2) is 29.8 Å². The van der Waals surface area contributed by atoms with Crippen molar-refractivity contribution in [3.8, 4) is 5.75 Å². The van der Waals surface area contributed by atoms with Crippen molar-refractivity contribution < 1.29 is 14.3 Å². The lowest BCUT2D eigenvalue weighted by Crippen LogP contribution is -2.36. The Morgan fingerprint density at radius 3 is 2.40 bits per heavy atom. The van der Waals surface area contributed by atoms with Crippen molar-refractivity contribution >= 4 is 17.5 Å². The second-order valence-corrected chi connectivity index (χ2v) is 5.54. The van der Waals surface area contributed by atoms with Gasteiger partial charge in [-0.25, -0.2) is 0 Å². The van der Waals surface area contributed by atoms with Crippen LogP contribution >= 0.6 is 0 Å². The van der Waals surface area contributed by atoms with Gasteiger partial charge >= 0.3 is 0 Å². The molecule has 0 atom stereocenters. The summed E-state index contributed by atoms with van der Waals surface area (Å²) in [4.78, 5) is 24.9. The van der Waals surface area contributed by atoms with Gasteiger partial charge in [0.05, 0.1) is 0 Å². The standard InChI is InChI=1S/C20H22N2O3/c1-3-13-22(16(2)23)14-20(24)21-18-9-11-19(12-10-18)25-15-17-7-5-4-6-8-17/h3-12H,1,13-15H2,2H3,(H,21,24). The fourth-order valence-corrected chi connectivity index (χ4v) is 2.21. The Balaban J connectivity index is 1.86. The van der Waals surface area contributed by atoms with E-state index in [1.54, 1.807) is 30.3 Å². The van der Waals surface area contributed by atoms with Crippen LogP contribution in [0, 0.1) is 0 Å². The van der Waals surface area contributed by atoms with Gasteiger partial charge in [0.1, 0.15) is 18.9 Å². The summed E-state index contributed by atoms with van der Waals surface area (Å²) in [6.07, 6.45) is 1.59. The predicted octanol–water partition coefficient (Wildman–Crippen LogP) is 3.24. The quantitative estimate of drug-likeness (QED) is 0.752. The van der Waals surface area contributed by atoms with Crippen molar-refractivity contribution in [2.75, 3.05) is 18.4 Å². The molecule has 0 unspecified atom stereocenters. The molecule has 0 spiro atoms.